The molecule has 3 nitrogen and oxygen atoms in total. The second-order valence-corrected chi connectivity index (χ2v) is 5.15. The molecule has 0 fully saturated rings. The molecule has 0 bridgehead atoms. The molecule has 100 valence electrons. The van der Waals surface area contributed by atoms with Gasteiger partial charge in [0.25, 0.3) is 0 Å². The van der Waals surface area contributed by atoms with Gasteiger partial charge in [-0.05, 0) is 51.0 Å². The van der Waals surface area contributed by atoms with E-state index in [1.165, 1.54) is 5.56 Å². The third kappa shape index (κ3) is 4.15. The van der Waals surface area contributed by atoms with Crippen molar-refractivity contribution in [2.75, 3.05) is 13.7 Å². The number of carbonyl (C=O) groups excluding carboxylic acids is 1. The van der Waals surface area contributed by atoms with Gasteiger partial charge >= 0.3 is 5.97 Å². The molecule has 0 heterocycles. The van der Waals surface area contributed by atoms with Crippen molar-refractivity contribution in [3.63, 3.8) is 0 Å². The Hall–Kier alpha value is -1.35. The second-order valence-electron chi connectivity index (χ2n) is 5.15. The highest BCUT2D eigenvalue weighted by molar-refractivity contribution is 5.89. The summed E-state index contributed by atoms with van der Waals surface area (Å²) >= 11 is 0. The molecule has 0 spiro atoms. The smallest absolute Gasteiger partial charge is 0.338 e. The van der Waals surface area contributed by atoms with Crippen molar-refractivity contribution in [1.82, 2.24) is 0 Å². The molecule has 0 aliphatic heterocycles. The molecule has 1 aromatic carbocycles. The molecular weight excluding hydrogens is 228 g/mol. The minimum absolute atomic E-state index is 0.260. The molecule has 0 unspecified atom stereocenters. The zero-order valence-corrected chi connectivity index (χ0v) is 11.9. The molecule has 1 rings (SSSR count). The highest BCUT2D eigenvalue weighted by Crippen LogP contribution is 2.14. The summed E-state index contributed by atoms with van der Waals surface area (Å²) in [5.74, 6) is -0.273. The van der Waals surface area contributed by atoms with Crippen molar-refractivity contribution >= 4 is 5.97 Å². The van der Waals surface area contributed by atoms with Gasteiger partial charge in [0.2, 0.25) is 0 Å². The largest absolute Gasteiger partial charge is 0.462 e. The van der Waals surface area contributed by atoms with Crippen LogP contribution in [-0.2, 0) is 9.47 Å². The number of rotatable bonds is 5. The molecule has 1 aromatic rings. The lowest BCUT2D eigenvalue weighted by atomic mass is 10.1. The maximum atomic E-state index is 11.8. The fourth-order valence-electron chi connectivity index (χ4n) is 1.44. The van der Waals surface area contributed by atoms with E-state index in [-0.39, 0.29) is 11.6 Å². The lowest BCUT2D eigenvalue weighted by Crippen LogP contribution is -2.25. The molecule has 3 heteroatoms. The first-order chi connectivity index (χ1) is 8.35. The van der Waals surface area contributed by atoms with Crippen LogP contribution in [0.1, 0.15) is 41.8 Å². The van der Waals surface area contributed by atoms with Crippen LogP contribution >= 0.6 is 0 Å². The van der Waals surface area contributed by atoms with Gasteiger partial charge in [-0.3, -0.25) is 0 Å². The summed E-state index contributed by atoms with van der Waals surface area (Å²) in [5, 5.41) is 0. The standard InChI is InChI=1S/C15H22O3/c1-11-6-7-13(10-12(11)2)14(16)18-9-8-15(3,4)17-5/h6-7,10H,8-9H2,1-5H3. The number of esters is 1. The topological polar surface area (TPSA) is 35.5 Å². The number of carbonyl (C=O) groups is 1. The Morgan fingerprint density at radius 3 is 2.44 bits per heavy atom. The lowest BCUT2D eigenvalue weighted by Gasteiger charge is -2.22. The highest BCUT2D eigenvalue weighted by atomic mass is 16.5. The van der Waals surface area contributed by atoms with E-state index in [1.807, 2.05) is 39.8 Å². The molecule has 0 aliphatic carbocycles. The maximum Gasteiger partial charge on any atom is 0.338 e. The van der Waals surface area contributed by atoms with E-state index in [2.05, 4.69) is 0 Å². The van der Waals surface area contributed by atoms with Crippen LogP contribution in [-0.4, -0.2) is 25.3 Å². The Morgan fingerprint density at radius 2 is 1.89 bits per heavy atom. The molecule has 18 heavy (non-hydrogen) atoms. The van der Waals surface area contributed by atoms with E-state index >= 15 is 0 Å². The predicted octanol–water partition coefficient (Wildman–Crippen LogP) is 3.28. The molecule has 0 amide bonds. The van der Waals surface area contributed by atoms with E-state index in [0.29, 0.717) is 18.6 Å². The summed E-state index contributed by atoms with van der Waals surface area (Å²) < 4.78 is 10.5. The normalized spacial score (nSPS) is 11.4. The van der Waals surface area contributed by atoms with Crippen LogP contribution in [0.4, 0.5) is 0 Å². The van der Waals surface area contributed by atoms with E-state index in [4.69, 9.17) is 9.47 Å². The Bertz CT molecular complexity index is 422. The van der Waals surface area contributed by atoms with Crippen LogP contribution in [0.15, 0.2) is 18.2 Å². The maximum absolute atomic E-state index is 11.8. The number of methoxy groups -OCH3 is 1. The Morgan fingerprint density at radius 1 is 1.22 bits per heavy atom. The summed E-state index contributed by atoms with van der Waals surface area (Å²) in [6.07, 6.45) is 0.681. The van der Waals surface area contributed by atoms with Crippen LogP contribution in [0, 0.1) is 13.8 Å². The van der Waals surface area contributed by atoms with Gasteiger partial charge in [0.05, 0.1) is 17.8 Å². The van der Waals surface area contributed by atoms with Crippen molar-refractivity contribution < 1.29 is 14.3 Å². The van der Waals surface area contributed by atoms with Crippen molar-refractivity contribution in [3.05, 3.63) is 34.9 Å². The zero-order chi connectivity index (χ0) is 13.8. The molecule has 0 saturated carbocycles. The lowest BCUT2D eigenvalue weighted by molar-refractivity contribution is -0.00563. The fourth-order valence-corrected chi connectivity index (χ4v) is 1.44. The van der Waals surface area contributed by atoms with E-state index in [1.54, 1.807) is 13.2 Å². The summed E-state index contributed by atoms with van der Waals surface area (Å²) in [4.78, 5) is 11.8. The molecule has 0 atom stereocenters. The summed E-state index contributed by atoms with van der Waals surface area (Å²) in [6.45, 7) is 8.31. The van der Waals surface area contributed by atoms with Gasteiger partial charge in [0.1, 0.15) is 0 Å². The monoisotopic (exact) mass is 250 g/mol. The minimum Gasteiger partial charge on any atom is -0.462 e. The summed E-state index contributed by atoms with van der Waals surface area (Å²) in [6, 6.07) is 5.59. The molecule has 0 N–H and O–H groups in total. The third-order valence-corrected chi connectivity index (χ3v) is 3.23. The van der Waals surface area contributed by atoms with Gasteiger partial charge in [-0.1, -0.05) is 6.07 Å². The summed E-state index contributed by atoms with van der Waals surface area (Å²) in [7, 11) is 1.66. The van der Waals surface area contributed by atoms with E-state index in [0.717, 1.165) is 5.56 Å². The van der Waals surface area contributed by atoms with Gasteiger partial charge in [0, 0.05) is 13.5 Å². The Balaban J connectivity index is 2.53. The fraction of sp³-hybridized carbons (Fsp3) is 0.533. The molecular formula is C15H22O3. The first-order valence-corrected chi connectivity index (χ1v) is 6.15. The molecule has 0 aromatic heterocycles. The molecule has 0 saturated heterocycles. The number of benzene rings is 1. The van der Waals surface area contributed by atoms with Gasteiger partial charge in [-0.25, -0.2) is 4.79 Å². The van der Waals surface area contributed by atoms with Gasteiger partial charge in [-0.15, -0.1) is 0 Å². The average molecular weight is 250 g/mol. The van der Waals surface area contributed by atoms with Gasteiger partial charge in [-0.2, -0.15) is 0 Å². The first-order valence-electron chi connectivity index (χ1n) is 6.15. The second kappa shape index (κ2) is 6.01. The number of hydrogen-bond donors (Lipinski definition) is 0. The third-order valence-electron chi connectivity index (χ3n) is 3.23. The summed E-state index contributed by atoms with van der Waals surface area (Å²) in [5.41, 5.74) is 2.62. The van der Waals surface area contributed by atoms with E-state index < -0.39 is 0 Å². The predicted molar refractivity (Wildman–Crippen MR) is 71.9 cm³/mol. The Labute approximate surface area is 109 Å². The molecule has 0 radical (unpaired) electrons. The number of aryl methyl sites for hydroxylation is 2. The minimum atomic E-state index is -0.273. The number of hydrogen-bond acceptors (Lipinski definition) is 3. The van der Waals surface area contributed by atoms with Crippen molar-refractivity contribution in [2.45, 2.75) is 39.7 Å². The SMILES string of the molecule is COC(C)(C)CCOC(=O)c1ccc(C)c(C)c1. The first kappa shape index (κ1) is 14.7. The van der Waals surface area contributed by atoms with Crippen molar-refractivity contribution in [3.8, 4) is 0 Å². The Kier molecular flexibility index (Phi) is 4.91. The number of ether oxygens (including phenoxy) is 2. The van der Waals surface area contributed by atoms with Crippen LogP contribution in [0.2, 0.25) is 0 Å². The van der Waals surface area contributed by atoms with Crippen molar-refractivity contribution in [1.29, 1.82) is 0 Å². The highest BCUT2D eigenvalue weighted by Gasteiger charge is 2.17. The van der Waals surface area contributed by atoms with Gasteiger partial charge in [0.15, 0.2) is 0 Å². The van der Waals surface area contributed by atoms with Crippen molar-refractivity contribution in [2.24, 2.45) is 0 Å². The van der Waals surface area contributed by atoms with Crippen LogP contribution in [0.25, 0.3) is 0 Å². The average Bonchev–Trinajstić information content (AvgIpc) is 2.32. The van der Waals surface area contributed by atoms with Crippen LogP contribution in [0.3, 0.4) is 0 Å². The molecule has 0 aliphatic rings. The van der Waals surface area contributed by atoms with Crippen LogP contribution in [0.5, 0.6) is 0 Å². The van der Waals surface area contributed by atoms with E-state index in [9.17, 15) is 4.79 Å². The van der Waals surface area contributed by atoms with Gasteiger partial charge < -0.3 is 9.47 Å². The zero-order valence-electron chi connectivity index (χ0n) is 11.9. The van der Waals surface area contributed by atoms with Crippen LogP contribution < -0.4 is 0 Å². The quantitative estimate of drug-likeness (QED) is 0.752.